The number of unbranched alkanes of at least 4 members (excludes halogenated alkanes) is 1. The maximum atomic E-state index is 11.5. The predicted molar refractivity (Wildman–Crippen MR) is 61.6 cm³/mol. The Bertz CT molecular complexity index is 241. The molecule has 14 heavy (non-hydrogen) atoms. The van der Waals surface area contributed by atoms with Crippen LogP contribution in [0, 0.1) is 5.41 Å². The van der Waals surface area contributed by atoms with E-state index >= 15 is 0 Å². The Morgan fingerprint density at radius 1 is 1.43 bits per heavy atom. The summed E-state index contributed by atoms with van der Waals surface area (Å²) in [5.41, 5.74) is 0.234. The minimum absolute atomic E-state index is 0.0268. The van der Waals surface area contributed by atoms with Crippen LogP contribution in [0.4, 0.5) is 0 Å². The van der Waals surface area contributed by atoms with Crippen LogP contribution < -0.4 is 0 Å². The molecule has 1 nitrogen and oxygen atoms in total. The number of hydrogen-bond acceptors (Lipinski definition) is 1. The summed E-state index contributed by atoms with van der Waals surface area (Å²) in [5, 5.41) is 0. The van der Waals surface area contributed by atoms with Gasteiger partial charge in [-0.15, -0.1) is 0 Å². The number of hydrogen-bond donors (Lipinski definition) is 0. The Labute approximate surface area is 97.4 Å². The van der Waals surface area contributed by atoms with Gasteiger partial charge in [0, 0.05) is 0 Å². The van der Waals surface area contributed by atoms with Gasteiger partial charge in [0.2, 0.25) is 0 Å². The van der Waals surface area contributed by atoms with E-state index < -0.39 is 0 Å². The van der Waals surface area contributed by atoms with Crippen molar-refractivity contribution in [3.05, 3.63) is 9.70 Å². The Kier molecular flexibility index (Phi) is 4.67. The molecule has 0 saturated heterocycles. The molecule has 0 radical (unpaired) electrons. The molecule has 0 N–H and O–H groups in total. The van der Waals surface area contributed by atoms with Crippen molar-refractivity contribution >= 4 is 26.7 Å². The third kappa shape index (κ3) is 4.15. The molecule has 0 aliphatic heterocycles. The van der Waals surface area contributed by atoms with E-state index in [-0.39, 0.29) is 26.3 Å². The predicted octanol–water partition coefficient (Wildman–Crippen LogP) is 3.18. The van der Waals surface area contributed by atoms with Gasteiger partial charge in [0.1, 0.15) is 0 Å². The molecule has 80 valence electrons. The number of rotatable bonds is 4. The normalized spacial score (nSPS) is 20.8. The van der Waals surface area contributed by atoms with Gasteiger partial charge in [0.05, 0.1) is 0 Å². The standard InChI is InChI=1S/C12H20OTe/c1-4-5-6-14-11-7-10(13)8-12(2,3)9-11/h7H,4-6,8-9H2,1-3H3. The third-order valence-corrected chi connectivity index (χ3v) is 5.63. The van der Waals surface area contributed by atoms with Crippen LogP contribution in [-0.2, 0) is 4.79 Å². The molecule has 0 aromatic carbocycles. The second kappa shape index (κ2) is 5.33. The molecule has 1 aliphatic rings. The van der Waals surface area contributed by atoms with Crippen LogP contribution in [0.2, 0.25) is 4.47 Å². The van der Waals surface area contributed by atoms with Crippen LogP contribution in [0.25, 0.3) is 0 Å². The van der Waals surface area contributed by atoms with Crippen molar-refractivity contribution < 1.29 is 4.79 Å². The summed E-state index contributed by atoms with van der Waals surface area (Å²) < 4.78 is 2.88. The second-order valence-corrected chi connectivity index (χ2v) is 8.28. The van der Waals surface area contributed by atoms with Crippen LogP contribution in [-0.4, -0.2) is 26.7 Å². The van der Waals surface area contributed by atoms with E-state index in [2.05, 4.69) is 20.8 Å². The van der Waals surface area contributed by atoms with Gasteiger partial charge in [-0.25, -0.2) is 0 Å². The zero-order valence-electron chi connectivity index (χ0n) is 9.43. The van der Waals surface area contributed by atoms with Gasteiger partial charge in [-0.1, -0.05) is 0 Å². The van der Waals surface area contributed by atoms with E-state index in [9.17, 15) is 4.79 Å². The van der Waals surface area contributed by atoms with Crippen LogP contribution in [0.3, 0.4) is 0 Å². The van der Waals surface area contributed by atoms with Crippen molar-refractivity contribution in [2.24, 2.45) is 5.41 Å². The molecule has 0 aromatic heterocycles. The zero-order chi connectivity index (χ0) is 10.6. The summed E-state index contributed by atoms with van der Waals surface area (Å²) in [6, 6.07) is 0. The topological polar surface area (TPSA) is 17.1 Å². The van der Waals surface area contributed by atoms with Gasteiger partial charge in [-0.2, -0.15) is 0 Å². The minimum atomic E-state index is -0.0268. The van der Waals surface area contributed by atoms with Gasteiger partial charge in [-0.3, -0.25) is 0 Å². The maximum absolute atomic E-state index is 11.5. The van der Waals surface area contributed by atoms with Crippen LogP contribution in [0.5, 0.6) is 0 Å². The number of ketones is 1. The Morgan fingerprint density at radius 2 is 2.14 bits per heavy atom. The van der Waals surface area contributed by atoms with Gasteiger partial charge in [0.25, 0.3) is 0 Å². The van der Waals surface area contributed by atoms with Crippen molar-refractivity contribution in [3.63, 3.8) is 0 Å². The van der Waals surface area contributed by atoms with E-state index in [0.717, 1.165) is 6.42 Å². The van der Waals surface area contributed by atoms with E-state index in [0.29, 0.717) is 5.78 Å². The molecule has 0 spiro atoms. The van der Waals surface area contributed by atoms with Crippen molar-refractivity contribution in [2.45, 2.75) is 50.9 Å². The first-order chi connectivity index (χ1) is 6.53. The molecule has 2 heteroatoms. The third-order valence-electron chi connectivity index (χ3n) is 2.41. The van der Waals surface area contributed by atoms with Crippen molar-refractivity contribution in [1.29, 1.82) is 0 Å². The average Bonchev–Trinajstić information content (AvgIpc) is 2.00. The van der Waals surface area contributed by atoms with Gasteiger partial charge >= 0.3 is 97.5 Å². The molecule has 0 aromatic rings. The first-order valence-corrected chi connectivity index (χ1v) is 8.21. The average molecular weight is 308 g/mol. The second-order valence-electron chi connectivity index (χ2n) is 4.80. The van der Waals surface area contributed by atoms with Crippen LogP contribution in [0.15, 0.2) is 9.70 Å². The molecular weight excluding hydrogens is 288 g/mol. The van der Waals surface area contributed by atoms with Gasteiger partial charge < -0.3 is 0 Å². The van der Waals surface area contributed by atoms with E-state index in [4.69, 9.17) is 0 Å². The summed E-state index contributed by atoms with van der Waals surface area (Å²) in [4.78, 5) is 11.5. The molecule has 0 fully saturated rings. The monoisotopic (exact) mass is 310 g/mol. The number of allylic oxidation sites excluding steroid dienone is 2. The molecule has 0 bridgehead atoms. The fourth-order valence-electron chi connectivity index (χ4n) is 1.73. The molecule has 0 heterocycles. The summed E-state index contributed by atoms with van der Waals surface area (Å²) >= 11 is -0.0268. The fraction of sp³-hybridized carbons (Fsp3) is 0.750. The van der Waals surface area contributed by atoms with Crippen molar-refractivity contribution in [3.8, 4) is 0 Å². The molecule has 0 atom stereocenters. The molecule has 1 aliphatic carbocycles. The van der Waals surface area contributed by atoms with E-state index in [1.54, 1.807) is 0 Å². The first kappa shape index (κ1) is 12.3. The summed E-state index contributed by atoms with van der Waals surface area (Å²) in [6.07, 6.45) is 6.49. The quantitative estimate of drug-likeness (QED) is 0.576. The zero-order valence-corrected chi connectivity index (χ0v) is 11.8. The number of carbonyl (C=O) groups is 1. The summed E-state index contributed by atoms with van der Waals surface area (Å²) in [5.74, 6) is 0.359. The van der Waals surface area contributed by atoms with E-state index in [1.807, 2.05) is 6.08 Å². The number of carbonyl (C=O) groups excluding carboxylic acids is 1. The Hall–Kier alpha value is 0.200. The van der Waals surface area contributed by atoms with Crippen LogP contribution in [0.1, 0.15) is 46.5 Å². The summed E-state index contributed by atoms with van der Waals surface area (Å²) in [6.45, 7) is 6.66. The molecule has 0 unspecified atom stereocenters. The molecular formula is C12H20OTe. The molecule has 0 saturated carbocycles. The van der Waals surface area contributed by atoms with Crippen molar-refractivity contribution in [2.75, 3.05) is 0 Å². The first-order valence-electron chi connectivity index (χ1n) is 5.40. The summed E-state index contributed by atoms with van der Waals surface area (Å²) in [7, 11) is 0. The van der Waals surface area contributed by atoms with Gasteiger partial charge in [-0.05, 0) is 0 Å². The van der Waals surface area contributed by atoms with E-state index in [1.165, 1.54) is 27.4 Å². The fourth-order valence-corrected chi connectivity index (χ4v) is 5.73. The molecule has 1 rings (SSSR count). The van der Waals surface area contributed by atoms with Crippen LogP contribution >= 0.6 is 0 Å². The Morgan fingerprint density at radius 3 is 2.71 bits per heavy atom. The SMILES string of the molecule is CCCC[Te]C1=CC(=O)CC(C)(C)C1. The molecule has 0 amide bonds. The Balaban J connectivity index is 2.48. The van der Waals surface area contributed by atoms with Gasteiger partial charge in [0.15, 0.2) is 0 Å². The van der Waals surface area contributed by atoms with Crippen molar-refractivity contribution in [1.82, 2.24) is 0 Å².